The van der Waals surface area contributed by atoms with Crippen LogP contribution in [0.3, 0.4) is 0 Å². The van der Waals surface area contributed by atoms with E-state index in [9.17, 15) is 14.4 Å². The summed E-state index contributed by atoms with van der Waals surface area (Å²) >= 11 is 0. The van der Waals surface area contributed by atoms with Crippen molar-refractivity contribution in [2.75, 3.05) is 10.6 Å². The number of carbonyl (C=O) groups excluding carboxylic acids is 3. The molecule has 0 saturated heterocycles. The van der Waals surface area contributed by atoms with Crippen LogP contribution in [0.25, 0.3) is 6.08 Å². The summed E-state index contributed by atoms with van der Waals surface area (Å²) in [5.41, 5.74) is 2.98. The number of nitrogens with zero attached hydrogens (tertiary/aromatic N) is 1. The van der Waals surface area contributed by atoms with Gasteiger partial charge in [-0.3, -0.25) is 14.4 Å². The van der Waals surface area contributed by atoms with Crippen molar-refractivity contribution in [1.82, 2.24) is 4.90 Å². The fraction of sp³-hybridized carbons (Fsp3) is 0.227. The molecule has 2 aliphatic heterocycles. The minimum absolute atomic E-state index is 0.109. The van der Waals surface area contributed by atoms with Crippen molar-refractivity contribution in [2.45, 2.75) is 32.4 Å². The molecule has 2 aromatic rings. The molecular formula is C22H21N3O4. The monoisotopic (exact) mass is 391 g/mol. The minimum Gasteiger partial charge on any atom is -0.479 e. The number of rotatable bonds is 3. The number of amides is 3. The van der Waals surface area contributed by atoms with Crippen LogP contribution < -0.4 is 15.4 Å². The van der Waals surface area contributed by atoms with Gasteiger partial charge in [0.25, 0.3) is 5.91 Å². The normalized spacial score (nSPS) is 19.5. The molecule has 3 amide bonds. The van der Waals surface area contributed by atoms with Gasteiger partial charge >= 0.3 is 0 Å². The number of nitrogens with one attached hydrogen (secondary N) is 2. The third-order valence-electron chi connectivity index (χ3n) is 5.04. The average molecular weight is 391 g/mol. The van der Waals surface area contributed by atoms with Crippen molar-refractivity contribution in [3.8, 4) is 5.75 Å². The van der Waals surface area contributed by atoms with Gasteiger partial charge < -0.3 is 20.3 Å². The molecule has 0 spiro atoms. The van der Waals surface area contributed by atoms with E-state index in [0.29, 0.717) is 17.1 Å². The second-order valence-corrected chi connectivity index (χ2v) is 7.10. The highest BCUT2D eigenvalue weighted by Crippen LogP contribution is 2.34. The molecule has 0 unspecified atom stereocenters. The Morgan fingerprint density at radius 2 is 2.00 bits per heavy atom. The van der Waals surface area contributed by atoms with Gasteiger partial charge in [0.2, 0.25) is 11.8 Å². The predicted molar refractivity (Wildman–Crippen MR) is 109 cm³/mol. The third kappa shape index (κ3) is 3.71. The first-order chi connectivity index (χ1) is 13.9. The van der Waals surface area contributed by atoms with E-state index < -0.39 is 6.10 Å². The molecule has 0 radical (unpaired) electrons. The third-order valence-corrected chi connectivity index (χ3v) is 5.04. The van der Waals surface area contributed by atoms with Crippen molar-refractivity contribution < 1.29 is 19.1 Å². The van der Waals surface area contributed by atoms with Crippen molar-refractivity contribution in [2.24, 2.45) is 0 Å². The van der Waals surface area contributed by atoms with E-state index in [1.807, 2.05) is 30.3 Å². The molecule has 0 aromatic heterocycles. The maximum atomic E-state index is 12.8. The van der Waals surface area contributed by atoms with E-state index in [1.54, 1.807) is 36.2 Å². The van der Waals surface area contributed by atoms with E-state index in [4.69, 9.17) is 4.74 Å². The lowest BCUT2D eigenvalue weighted by Gasteiger charge is -2.32. The molecule has 2 aliphatic rings. The Labute approximate surface area is 168 Å². The molecular weight excluding hydrogens is 370 g/mol. The van der Waals surface area contributed by atoms with Crippen molar-refractivity contribution in [3.05, 3.63) is 59.8 Å². The Hall–Kier alpha value is -3.61. The van der Waals surface area contributed by atoms with Crippen LogP contribution in [0.15, 0.2) is 48.7 Å². The number of fused-ring (bicyclic) bond motifs is 2. The largest absolute Gasteiger partial charge is 0.479 e. The molecule has 148 valence electrons. The van der Waals surface area contributed by atoms with E-state index in [0.717, 1.165) is 11.1 Å². The smallest absolute Gasteiger partial charge is 0.265 e. The number of carbonyl (C=O) groups is 3. The molecule has 0 bridgehead atoms. The lowest BCUT2D eigenvalue weighted by Crippen LogP contribution is -2.34. The zero-order valence-electron chi connectivity index (χ0n) is 16.1. The standard InChI is InChI=1S/C22H21N3O4/c1-13-22(28)24-18-11-16(7-8-20(18)29-13)23-21(27)12-19-17-6-4-3-5-15(17)9-10-25(19)14(2)26/h3-11,13,19H,12H2,1-2H3,(H,23,27)(H,24,28)/t13-,19+/m0/s1. The van der Waals surface area contributed by atoms with Crippen molar-refractivity contribution >= 4 is 35.2 Å². The summed E-state index contributed by atoms with van der Waals surface area (Å²) in [6.45, 7) is 3.15. The van der Waals surface area contributed by atoms with Crippen LogP contribution in [0.2, 0.25) is 0 Å². The van der Waals surface area contributed by atoms with Crippen LogP contribution in [0.1, 0.15) is 37.4 Å². The lowest BCUT2D eigenvalue weighted by atomic mass is 9.93. The molecule has 2 N–H and O–H groups in total. The van der Waals surface area contributed by atoms with Gasteiger partial charge in [0.05, 0.1) is 18.2 Å². The van der Waals surface area contributed by atoms with E-state index in [1.165, 1.54) is 6.92 Å². The second kappa shape index (κ2) is 7.43. The van der Waals surface area contributed by atoms with Gasteiger partial charge in [0, 0.05) is 18.8 Å². The summed E-state index contributed by atoms with van der Waals surface area (Å²) < 4.78 is 5.53. The molecule has 2 aromatic carbocycles. The zero-order valence-corrected chi connectivity index (χ0v) is 16.1. The van der Waals surface area contributed by atoms with Crippen LogP contribution in [-0.2, 0) is 14.4 Å². The van der Waals surface area contributed by atoms with Gasteiger partial charge in [-0.15, -0.1) is 0 Å². The van der Waals surface area contributed by atoms with Gasteiger partial charge in [-0.25, -0.2) is 0 Å². The Morgan fingerprint density at radius 1 is 1.21 bits per heavy atom. The molecule has 0 fully saturated rings. The average Bonchev–Trinajstić information content (AvgIpc) is 2.69. The van der Waals surface area contributed by atoms with Crippen molar-refractivity contribution in [1.29, 1.82) is 0 Å². The first kappa shape index (κ1) is 18.7. The Bertz CT molecular complexity index is 1030. The number of ether oxygens (including phenoxy) is 1. The molecule has 4 rings (SSSR count). The summed E-state index contributed by atoms with van der Waals surface area (Å²) in [5, 5.41) is 5.61. The van der Waals surface area contributed by atoms with E-state index in [-0.39, 0.29) is 30.2 Å². The first-order valence-electron chi connectivity index (χ1n) is 9.40. The molecule has 0 aliphatic carbocycles. The van der Waals surface area contributed by atoms with Crippen molar-refractivity contribution in [3.63, 3.8) is 0 Å². The Morgan fingerprint density at radius 3 is 2.79 bits per heavy atom. The van der Waals surface area contributed by atoms with Gasteiger partial charge in [0.1, 0.15) is 5.75 Å². The SMILES string of the molecule is CC(=O)N1C=Cc2ccccc2[C@H]1CC(=O)Nc1ccc2c(c1)NC(=O)[C@H](C)O2. The highest BCUT2D eigenvalue weighted by molar-refractivity contribution is 5.99. The molecule has 7 nitrogen and oxygen atoms in total. The second-order valence-electron chi connectivity index (χ2n) is 7.10. The zero-order chi connectivity index (χ0) is 20.5. The van der Waals surface area contributed by atoms with Gasteiger partial charge in [0.15, 0.2) is 6.10 Å². The highest BCUT2D eigenvalue weighted by Gasteiger charge is 2.28. The Balaban J connectivity index is 1.52. The minimum atomic E-state index is -0.556. The van der Waals surface area contributed by atoms with Gasteiger partial charge in [-0.2, -0.15) is 0 Å². The summed E-state index contributed by atoms with van der Waals surface area (Å²) in [6, 6.07) is 12.4. The van der Waals surface area contributed by atoms with E-state index >= 15 is 0 Å². The van der Waals surface area contributed by atoms with Crippen LogP contribution in [0.4, 0.5) is 11.4 Å². The number of benzene rings is 2. The maximum absolute atomic E-state index is 12.8. The number of anilines is 2. The van der Waals surface area contributed by atoms with Gasteiger partial charge in [-0.05, 0) is 42.3 Å². The summed E-state index contributed by atoms with van der Waals surface area (Å²) in [4.78, 5) is 38.2. The topological polar surface area (TPSA) is 87.7 Å². The summed E-state index contributed by atoms with van der Waals surface area (Å²) in [7, 11) is 0. The number of hydrogen-bond acceptors (Lipinski definition) is 4. The molecule has 0 saturated carbocycles. The molecule has 2 heterocycles. The highest BCUT2D eigenvalue weighted by atomic mass is 16.5. The molecule has 2 atom stereocenters. The molecule has 29 heavy (non-hydrogen) atoms. The Kier molecular flexibility index (Phi) is 4.80. The maximum Gasteiger partial charge on any atom is 0.265 e. The van der Waals surface area contributed by atoms with Crippen LogP contribution in [0, 0.1) is 0 Å². The van der Waals surface area contributed by atoms with Gasteiger partial charge in [-0.1, -0.05) is 24.3 Å². The fourth-order valence-electron chi connectivity index (χ4n) is 3.59. The predicted octanol–water partition coefficient (Wildman–Crippen LogP) is 3.31. The fourth-order valence-corrected chi connectivity index (χ4v) is 3.59. The first-order valence-corrected chi connectivity index (χ1v) is 9.40. The number of hydrogen-bond donors (Lipinski definition) is 2. The van der Waals surface area contributed by atoms with Crippen LogP contribution in [0.5, 0.6) is 5.75 Å². The van der Waals surface area contributed by atoms with Crippen LogP contribution >= 0.6 is 0 Å². The lowest BCUT2D eigenvalue weighted by molar-refractivity contribution is -0.129. The van der Waals surface area contributed by atoms with E-state index in [2.05, 4.69) is 10.6 Å². The van der Waals surface area contributed by atoms with Crippen LogP contribution in [-0.4, -0.2) is 28.7 Å². The summed E-state index contributed by atoms with van der Waals surface area (Å²) in [5.74, 6) is -0.0353. The molecule has 7 heteroatoms. The quantitative estimate of drug-likeness (QED) is 0.840. The summed E-state index contributed by atoms with van der Waals surface area (Å²) in [6.07, 6.45) is 3.14.